The number of alkyl carbamates (subject to hydrolysis) is 1. The molecule has 1 aromatic heterocycles. The Hall–Kier alpha value is -4.46. The van der Waals surface area contributed by atoms with Crippen LogP contribution in [0.3, 0.4) is 0 Å². The average molecular weight is 756 g/mol. The number of benzene rings is 1. The second-order valence-corrected chi connectivity index (χ2v) is 13.7. The fourth-order valence-corrected chi connectivity index (χ4v) is 7.06. The van der Waals surface area contributed by atoms with Crippen LogP contribution in [0.4, 0.5) is 4.79 Å². The maximum atomic E-state index is 14.3. The molecule has 2 aromatic rings. The smallest absolute Gasteiger partial charge is 0.408 e. The van der Waals surface area contributed by atoms with E-state index in [9.17, 15) is 24.0 Å². The van der Waals surface area contributed by atoms with Gasteiger partial charge in [0.15, 0.2) is 5.78 Å². The highest BCUT2D eigenvalue weighted by molar-refractivity contribution is 9.09. The molecule has 3 amide bonds. The first-order chi connectivity index (χ1) is 23.8. The van der Waals surface area contributed by atoms with E-state index < -0.39 is 47.6 Å². The number of Topliss-reactive ketones (excluding diaryl/α,β-unsaturated/α-hetero) is 1. The molecule has 2 N–H and O–H groups in total. The quantitative estimate of drug-likeness (QED) is 0.130. The van der Waals surface area contributed by atoms with E-state index in [-0.39, 0.29) is 41.8 Å². The Balaban J connectivity index is 1.47. The molecule has 1 saturated heterocycles. The van der Waals surface area contributed by atoms with Gasteiger partial charge in [-0.3, -0.25) is 14.4 Å². The molecule has 50 heavy (non-hydrogen) atoms. The second-order valence-electron chi connectivity index (χ2n) is 13.1. The van der Waals surface area contributed by atoms with Gasteiger partial charge < -0.3 is 34.5 Å². The van der Waals surface area contributed by atoms with Crippen molar-refractivity contribution in [3.8, 4) is 11.5 Å². The number of hydrogen-bond donors (Lipinski definition) is 2. The third-order valence-corrected chi connectivity index (χ3v) is 10.1. The van der Waals surface area contributed by atoms with Crippen LogP contribution in [0.1, 0.15) is 61.5 Å². The monoisotopic (exact) mass is 754 g/mol. The lowest BCUT2D eigenvalue weighted by Crippen LogP contribution is -2.56. The molecule has 2 heterocycles. The number of carbonyl (C=O) groups excluding carboxylic acids is 5. The van der Waals surface area contributed by atoms with Crippen LogP contribution in [0.5, 0.6) is 11.5 Å². The fraction of sp³-hybridized carbons (Fsp3) is 0.500. The van der Waals surface area contributed by atoms with Crippen LogP contribution < -0.4 is 20.1 Å². The Labute approximate surface area is 299 Å². The minimum absolute atomic E-state index is 0.0314. The lowest BCUT2D eigenvalue weighted by atomic mass is 10.1. The highest BCUT2D eigenvalue weighted by Gasteiger charge is 2.62. The SMILES string of the molecule is C=C[C@@H]1C[C@]1(NC(=O)[C@@H]1C[C@@H](Oc2cc(C(=O)CBr)nc3cc(OC)c(C)cc23)CN1C(=O)[C@@H](NC(=O)OC1CCCC1)C(=C)C)C(=O)OC. The number of aryl methyl sites for hydroxylation is 1. The highest BCUT2D eigenvalue weighted by atomic mass is 79.9. The minimum Gasteiger partial charge on any atom is -0.496 e. The van der Waals surface area contributed by atoms with Crippen LogP contribution in [0.15, 0.2) is 43.0 Å². The molecule has 3 fully saturated rings. The van der Waals surface area contributed by atoms with Gasteiger partial charge in [-0.05, 0) is 63.2 Å². The van der Waals surface area contributed by atoms with E-state index in [2.05, 4.69) is 44.7 Å². The number of nitrogens with one attached hydrogen (secondary N) is 2. The summed E-state index contributed by atoms with van der Waals surface area (Å²) in [6.07, 6.45) is 3.60. The number of esters is 1. The molecular weight excluding hydrogens is 712 g/mol. The molecule has 3 aliphatic rings. The molecule has 0 radical (unpaired) electrons. The van der Waals surface area contributed by atoms with Crippen molar-refractivity contribution in [3.63, 3.8) is 0 Å². The fourth-order valence-electron chi connectivity index (χ4n) is 6.77. The number of carbonyl (C=O) groups is 5. The van der Waals surface area contributed by atoms with Gasteiger partial charge in [0.05, 0.1) is 31.6 Å². The maximum absolute atomic E-state index is 14.3. The number of rotatable bonds is 13. The van der Waals surface area contributed by atoms with E-state index in [0.717, 1.165) is 31.2 Å². The number of pyridine rings is 1. The molecule has 0 spiro atoms. The largest absolute Gasteiger partial charge is 0.496 e. The topological polar surface area (TPSA) is 162 Å². The van der Waals surface area contributed by atoms with Gasteiger partial charge in [-0.15, -0.1) is 6.58 Å². The zero-order chi connectivity index (χ0) is 36.3. The van der Waals surface area contributed by atoms with Crippen LogP contribution in [0.25, 0.3) is 10.9 Å². The maximum Gasteiger partial charge on any atom is 0.408 e. The number of nitrogens with zero attached hydrogens (tertiary/aromatic N) is 2. The van der Waals surface area contributed by atoms with E-state index in [1.165, 1.54) is 12.0 Å². The summed E-state index contributed by atoms with van der Waals surface area (Å²) in [6, 6.07) is 2.79. The van der Waals surface area contributed by atoms with Gasteiger partial charge in [0.25, 0.3) is 0 Å². The molecule has 14 heteroatoms. The number of amides is 3. The van der Waals surface area contributed by atoms with Crippen molar-refractivity contribution in [3.05, 3.63) is 54.3 Å². The van der Waals surface area contributed by atoms with E-state index >= 15 is 0 Å². The summed E-state index contributed by atoms with van der Waals surface area (Å²) in [5.41, 5.74) is 0.463. The molecule has 0 unspecified atom stereocenters. The van der Waals surface area contributed by atoms with Crippen LogP contribution in [-0.4, -0.2) is 95.5 Å². The van der Waals surface area contributed by atoms with Crippen LogP contribution in [-0.2, 0) is 23.9 Å². The Bertz CT molecular complexity index is 1720. The van der Waals surface area contributed by atoms with Crippen molar-refractivity contribution in [2.75, 3.05) is 26.1 Å². The summed E-state index contributed by atoms with van der Waals surface area (Å²) < 4.78 is 22.5. The predicted molar refractivity (Wildman–Crippen MR) is 187 cm³/mol. The Morgan fingerprint density at radius 3 is 2.44 bits per heavy atom. The van der Waals surface area contributed by atoms with E-state index in [1.54, 1.807) is 32.2 Å². The number of fused-ring (bicyclic) bond motifs is 1. The molecule has 5 atom stereocenters. The molecule has 1 aliphatic heterocycles. The van der Waals surface area contributed by atoms with Crippen molar-refractivity contribution in [2.24, 2.45) is 5.92 Å². The Morgan fingerprint density at radius 2 is 1.84 bits per heavy atom. The molecular formula is C36H43BrN4O9. The van der Waals surface area contributed by atoms with Crippen molar-refractivity contribution in [2.45, 2.75) is 82.2 Å². The van der Waals surface area contributed by atoms with Crippen molar-refractivity contribution < 1.29 is 42.9 Å². The zero-order valence-corrected chi connectivity index (χ0v) is 30.3. The number of ether oxygens (including phenoxy) is 4. The zero-order valence-electron chi connectivity index (χ0n) is 28.7. The van der Waals surface area contributed by atoms with Gasteiger partial charge in [0.1, 0.15) is 47.0 Å². The second kappa shape index (κ2) is 15.2. The first-order valence-corrected chi connectivity index (χ1v) is 17.7. The molecule has 2 aliphatic carbocycles. The number of alkyl halides is 1. The summed E-state index contributed by atoms with van der Waals surface area (Å²) in [5, 5.41) is 6.11. The van der Waals surface area contributed by atoms with Crippen LogP contribution in [0, 0.1) is 12.8 Å². The van der Waals surface area contributed by atoms with E-state index in [4.69, 9.17) is 18.9 Å². The summed E-state index contributed by atoms with van der Waals surface area (Å²) in [5.74, 6) is -1.51. The lowest BCUT2D eigenvalue weighted by Gasteiger charge is -2.29. The van der Waals surface area contributed by atoms with E-state index in [1.807, 2.05) is 13.0 Å². The summed E-state index contributed by atoms with van der Waals surface area (Å²) in [6.45, 7) is 11.1. The minimum atomic E-state index is -1.30. The summed E-state index contributed by atoms with van der Waals surface area (Å²) >= 11 is 3.21. The first-order valence-electron chi connectivity index (χ1n) is 16.6. The summed E-state index contributed by atoms with van der Waals surface area (Å²) in [4.78, 5) is 72.6. The molecule has 5 rings (SSSR count). The molecule has 0 bridgehead atoms. The lowest BCUT2D eigenvalue weighted by molar-refractivity contribution is -0.148. The van der Waals surface area contributed by atoms with Crippen molar-refractivity contribution >= 4 is 56.5 Å². The summed E-state index contributed by atoms with van der Waals surface area (Å²) in [7, 11) is 2.78. The van der Waals surface area contributed by atoms with Gasteiger partial charge in [0.2, 0.25) is 11.8 Å². The van der Waals surface area contributed by atoms with Gasteiger partial charge in [-0.1, -0.05) is 28.6 Å². The highest BCUT2D eigenvalue weighted by Crippen LogP contribution is 2.45. The predicted octanol–water partition coefficient (Wildman–Crippen LogP) is 4.33. The third kappa shape index (κ3) is 7.49. The first kappa shape index (κ1) is 36.8. The van der Waals surface area contributed by atoms with E-state index in [0.29, 0.717) is 34.4 Å². The molecule has 13 nitrogen and oxygen atoms in total. The number of ketones is 1. The third-order valence-electron chi connectivity index (χ3n) is 9.61. The standard InChI is InChI=1S/C36H43BrN4O9/c1-7-21-16-36(21,34(45)48-6)40-32(43)27-13-23(18-41(27)33(44)31(19(2)3)39-35(46)50-22-10-8-9-11-22)49-30-15-26(28(42)17-37)38-25-14-29(47-5)20(4)12-24(25)30/h7,12,14-15,21-23,27,31H,1-2,8-11,13,16-18H2,3-6H3,(H,39,46)(H,40,43)/t21-,23-,27+,31+,36-/m1/s1. The molecule has 268 valence electrons. The molecule has 1 aromatic carbocycles. The number of aromatic nitrogens is 1. The van der Waals surface area contributed by atoms with Gasteiger partial charge >= 0.3 is 12.1 Å². The number of halogens is 1. The number of hydrogen-bond acceptors (Lipinski definition) is 10. The van der Waals surface area contributed by atoms with Crippen LogP contribution >= 0.6 is 15.9 Å². The van der Waals surface area contributed by atoms with Crippen molar-refractivity contribution in [1.82, 2.24) is 20.5 Å². The average Bonchev–Trinajstić information content (AvgIpc) is 3.36. The molecule has 2 saturated carbocycles. The van der Waals surface area contributed by atoms with Gasteiger partial charge in [0, 0.05) is 29.9 Å². The van der Waals surface area contributed by atoms with Crippen LogP contribution in [0.2, 0.25) is 0 Å². The normalized spacial score (nSPS) is 23.5. The Kier molecular flexibility index (Phi) is 11.2. The van der Waals surface area contributed by atoms with Gasteiger partial charge in [-0.25, -0.2) is 14.6 Å². The Morgan fingerprint density at radius 1 is 1.12 bits per heavy atom. The number of likely N-dealkylation sites (tertiary alicyclic amines) is 1. The number of methoxy groups -OCH3 is 2. The van der Waals surface area contributed by atoms with Gasteiger partial charge in [-0.2, -0.15) is 0 Å². The van der Waals surface area contributed by atoms with Crippen molar-refractivity contribution in [1.29, 1.82) is 0 Å².